The first-order valence-corrected chi connectivity index (χ1v) is 18.2. The third kappa shape index (κ3) is 28.3. The summed E-state index contributed by atoms with van der Waals surface area (Å²) in [6, 6.07) is 0. The molecule has 0 amide bonds. The molecule has 0 rings (SSSR count). The molecule has 3 atom stereocenters. The first kappa shape index (κ1) is 45.0. The minimum absolute atomic E-state index is 0. The van der Waals surface area contributed by atoms with Gasteiger partial charge in [0.1, 0.15) is 22.8 Å². The van der Waals surface area contributed by atoms with E-state index in [-0.39, 0.29) is 17.4 Å². The minimum atomic E-state index is -3.55. The van der Waals surface area contributed by atoms with E-state index in [0.29, 0.717) is 19.8 Å². The fraction of sp³-hybridized carbons (Fsp3) is 1.00. The van der Waals surface area contributed by atoms with Crippen molar-refractivity contribution in [1.82, 2.24) is 0 Å². The van der Waals surface area contributed by atoms with Crippen LogP contribution < -0.4 is 14.7 Å². The summed E-state index contributed by atoms with van der Waals surface area (Å²) in [6.07, 6.45) is 8.80. The fourth-order valence-electron chi connectivity index (χ4n) is 2.08. The van der Waals surface area contributed by atoms with E-state index in [4.69, 9.17) is 13.6 Å². The van der Waals surface area contributed by atoms with Gasteiger partial charge in [-0.1, -0.05) is 101 Å². The molecular weight excluding hydrogens is 552 g/mol. The Morgan fingerprint density at radius 3 is 0.811 bits per heavy atom. The van der Waals surface area contributed by atoms with Gasteiger partial charge >= 0.3 is 17.4 Å². The molecular formula is C24H54AlO9P3. The van der Waals surface area contributed by atoms with E-state index in [2.05, 4.69) is 20.8 Å². The van der Waals surface area contributed by atoms with Crippen molar-refractivity contribution in [1.29, 1.82) is 0 Å². The number of rotatable bonds is 18. The Hall–Kier alpha value is 0.982. The van der Waals surface area contributed by atoms with Gasteiger partial charge in [-0.05, 0) is 19.3 Å². The Labute approximate surface area is 238 Å². The van der Waals surface area contributed by atoms with Crippen LogP contribution in [0, 0.1) is 0 Å². The third-order valence-corrected chi connectivity index (χ3v) is 10.4. The van der Waals surface area contributed by atoms with Crippen LogP contribution in [0.4, 0.5) is 0 Å². The summed E-state index contributed by atoms with van der Waals surface area (Å²) in [5, 5.41) is 0. The Morgan fingerprint density at radius 1 is 0.486 bits per heavy atom. The van der Waals surface area contributed by atoms with Gasteiger partial charge in [0.15, 0.2) is 0 Å². The second kappa shape index (κ2) is 25.9. The molecule has 0 aromatic rings. The van der Waals surface area contributed by atoms with Gasteiger partial charge in [0.25, 0.3) is 0 Å². The molecule has 0 saturated heterocycles. The van der Waals surface area contributed by atoms with Crippen molar-refractivity contribution in [3.8, 4) is 0 Å². The predicted octanol–water partition coefficient (Wildman–Crippen LogP) is 6.08. The van der Waals surface area contributed by atoms with Crippen LogP contribution in [0.5, 0.6) is 0 Å². The van der Waals surface area contributed by atoms with Gasteiger partial charge in [-0.25, -0.2) is 0 Å². The fourth-order valence-corrected chi connectivity index (χ4v) is 4.12. The maximum Gasteiger partial charge on any atom is 3.00 e. The molecule has 0 N–H and O–H groups in total. The quantitative estimate of drug-likeness (QED) is 0.103. The van der Waals surface area contributed by atoms with E-state index in [1.165, 1.54) is 0 Å². The molecule has 3 unspecified atom stereocenters. The average molecular weight is 607 g/mol. The molecule has 9 nitrogen and oxygen atoms in total. The summed E-state index contributed by atoms with van der Waals surface area (Å²) in [5.41, 5.74) is -1.21. The topological polar surface area (TPSA) is 148 Å². The van der Waals surface area contributed by atoms with Gasteiger partial charge in [-0.15, -0.1) is 0 Å². The van der Waals surface area contributed by atoms with Crippen molar-refractivity contribution in [2.75, 3.05) is 19.8 Å². The SMILES string of the molecule is CCCCCOP(=O)([O-])C(C)C.CCCCCOP(=O)([O-])C(C)C.CCCCCOP(=O)([O-])C(C)C.[Al+3]. The van der Waals surface area contributed by atoms with Crippen LogP contribution >= 0.6 is 22.8 Å². The molecule has 13 heteroatoms. The smallest absolute Gasteiger partial charge is 0.778 e. The number of hydrogen-bond donors (Lipinski definition) is 0. The zero-order valence-electron chi connectivity index (χ0n) is 24.8. The van der Waals surface area contributed by atoms with E-state index in [1.807, 2.05) is 0 Å². The second-order valence-electron chi connectivity index (χ2n) is 9.52. The Kier molecular flexibility index (Phi) is 31.5. The maximum atomic E-state index is 11.1. The molecule has 0 bridgehead atoms. The molecule has 37 heavy (non-hydrogen) atoms. The van der Waals surface area contributed by atoms with Crippen molar-refractivity contribution >= 4 is 40.1 Å². The van der Waals surface area contributed by atoms with Crippen LogP contribution in [-0.4, -0.2) is 54.2 Å². The second-order valence-corrected chi connectivity index (χ2v) is 16.6. The summed E-state index contributed by atoms with van der Waals surface area (Å²) >= 11 is 0. The van der Waals surface area contributed by atoms with Crippen molar-refractivity contribution < 1.29 is 41.9 Å². The van der Waals surface area contributed by atoms with Gasteiger partial charge in [0, 0.05) is 17.0 Å². The van der Waals surface area contributed by atoms with Crippen molar-refractivity contribution in [2.24, 2.45) is 0 Å². The van der Waals surface area contributed by atoms with Gasteiger partial charge < -0.3 is 41.9 Å². The molecule has 222 valence electrons. The van der Waals surface area contributed by atoms with Crippen molar-refractivity contribution in [3.63, 3.8) is 0 Å². The summed E-state index contributed by atoms with van der Waals surface area (Å²) in [5.74, 6) is 0. The van der Waals surface area contributed by atoms with Crippen LogP contribution in [0.1, 0.15) is 120 Å². The van der Waals surface area contributed by atoms with Crippen LogP contribution in [0.3, 0.4) is 0 Å². The van der Waals surface area contributed by atoms with Crippen molar-refractivity contribution in [2.45, 2.75) is 137 Å². The molecule has 0 aliphatic heterocycles. The monoisotopic (exact) mass is 606 g/mol. The van der Waals surface area contributed by atoms with Crippen LogP contribution in [0.2, 0.25) is 0 Å². The Balaban J connectivity index is -0.000000218. The van der Waals surface area contributed by atoms with E-state index in [9.17, 15) is 28.4 Å². The molecule has 0 aromatic heterocycles. The third-order valence-electron chi connectivity index (χ3n) is 4.95. The zero-order valence-corrected chi connectivity index (χ0v) is 28.6. The molecule has 0 aromatic carbocycles. The zero-order chi connectivity index (χ0) is 28.8. The molecule has 0 saturated carbocycles. The molecule has 0 radical (unpaired) electrons. The van der Waals surface area contributed by atoms with Crippen LogP contribution in [0.15, 0.2) is 0 Å². The average Bonchev–Trinajstić information content (AvgIpc) is 2.78. The van der Waals surface area contributed by atoms with Gasteiger partial charge in [0.05, 0.1) is 19.8 Å². The first-order valence-electron chi connectivity index (χ1n) is 13.4. The van der Waals surface area contributed by atoms with Crippen LogP contribution in [-0.2, 0) is 27.3 Å². The summed E-state index contributed by atoms with van der Waals surface area (Å²) in [7, 11) is -10.7. The Morgan fingerprint density at radius 2 is 0.676 bits per heavy atom. The maximum absolute atomic E-state index is 11.1. The van der Waals surface area contributed by atoms with E-state index in [1.54, 1.807) is 41.5 Å². The molecule has 0 heterocycles. The minimum Gasteiger partial charge on any atom is -0.778 e. The molecule has 0 fully saturated rings. The van der Waals surface area contributed by atoms with Crippen LogP contribution in [0.25, 0.3) is 0 Å². The standard InChI is InChI=1S/3C8H19O3P.Al/c3*1-4-5-6-7-11-12(9,10)8(2)3;/h3*8H,4-7H2,1-3H3,(H,9,10);/q;;;+3/p-3. The first-order chi connectivity index (χ1) is 16.5. The summed E-state index contributed by atoms with van der Waals surface area (Å²) in [6.45, 7) is 17.0. The largest absolute Gasteiger partial charge is 3.00 e. The van der Waals surface area contributed by atoms with Gasteiger partial charge in [-0.2, -0.15) is 0 Å². The molecule has 0 spiro atoms. The summed E-state index contributed by atoms with van der Waals surface area (Å²) < 4.78 is 47.7. The van der Waals surface area contributed by atoms with Gasteiger partial charge in [-0.3, -0.25) is 0 Å². The van der Waals surface area contributed by atoms with E-state index < -0.39 is 39.8 Å². The van der Waals surface area contributed by atoms with Gasteiger partial charge in [0.2, 0.25) is 0 Å². The van der Waals surface area contributed by atoms with E-state index in [0.717, 1.165) is 57.8 Å². The molecule has 0 aliphatic carbocycles. The predicted molar refractivity (Wildman–Crippen MR) is 150 cm³/mol. The molecule has 0 aliphatic rings. The number of unbranched alkanes of at least 4 members (excludes halogenated alkanes) is 6. The summed E-state index contributed by atoms with van der Waals surface area (Å²) in [4.78, 5) is 33.3. The number of hydrogen-bond acceptors (Lipinski definition) is 9. The normalized spacial score (nSPS) is 16.0. The Bertz CT molecular complexity index is 561. The van der Waals surface area contributed by atoms with E-state index >= 15 is 0 Å². The van der Waals surface area contributed by atoms with Crippen molar-refractivity contribution in [3.05, 3.63) is 0 Å².